The Morgan fingerprint density at radius 1 is 0.867 bits per heavy atom. The zero-order valence-electron chi connectivity index (χ0n) is 11.2. The second-order valence-electron chi connectivity index (χ2n) is 7.51. The fourth-order valence-electron chi connectivity index (χ4n) is 4.21. The Hall–Kier alpha value is 0. The van der Waals surface area contributed by atoms with Gasteiger partial charge in [0, 0.05) is 0 Å². The van der Waals surface area contributed by atoms with Crippen molar-refractivity contribution in [2.24, 2.45) is 35.0 Å². The summed E-state index contributed by atoms with van der Waals surface area (Å²) < 4.78 is 0. The number of hydrogen-bond donors (Lipinski definition) is 0. The average molecular weight is 208 g/mol. The van der Waals surface area contributed by atoms with Crippen molar-refractivity contribution in [2.75, 3.05) is 0 Å². The lowest BCUT2D eigenvalue weighted by Gasteiger charge is -2.43. The van der Waals surface area contributed by atoms with Crippen LogP contribution in [0.15, 0.2) is 0 Å². The second-order valence-corrected chi connectivity index (χ2v) is 7.51. The average Bonchev–Trinajstić information content (AvgIpc) is 2.44. The van der Waals surface area contributed by atoms with Crippen molar-refractivity contribution in [3.8, 4) is 0 Å². The van der Waals surface area contributed by atoms with Crippen LogP contribution >= 0.6 is 0 Å². The quantitative estimate of drug-likeness (QED) is 0.539. The first-order valence-corrected chi connectivity index (χ1v) is 6.88. The van der Waals surface area contributed by atoms with E-state index < -0.39 is 0 Å². The SMILES string of the molecule is CC1CC2CC(C(C)(C)C)CC(C)C2C1. The van der Waals surface area contributed by atoms with Gasteiger partial charge < -0.3 is 0 Å². The standard InChI is InChI=1S/C15H28/c1-10-6-12-9-13(15(3,4)5)8-11(2)14(12)7-10/h10-14H,6-9H2,1-5H3. The van der Waals surface area contributed by atoms with Gasteiger partial charge in [0.1, 0.15) is 0 Å². The van der Waals surface area contributed by atoms with E-state index in [4.69, 9.17) is 0 Å². The topological polar surface area (TPSA) is 0 Å². The molecule has 0 bridgehead atoms. The van der Waals surface area contributed by atoms with Gasteiger partial charge in [-0.15, -0.1) is 0 Å². The lowest BCUT2D eigenvalue weighted by molar-refractivity contribution is 0.0717. The number of fused-ring (bicyclic) bond motifs is 1. The minimum Gasteiger partial charge on any atom is -0.0625 e. The zero-order chi connectivity index (χ0) is 11.2. The smallest absolute Gasteiger partial charge is 0.0354 e. The van der Waals surface area contributed by atoms with E-state index >= 15 is 0 Å². The van der Waals surface area contributed by atoms with Gasteiger partial charge in [-0.1, -0.05) is 34.6 Å². The van der Waals surface area contributed by atoms with Gasteiger partial charge in [-0.05, 0) is 60.7 Å². The molecule has 0 amide bonds. The normalized spacial score (nSPS) is 46.6. The molecule has 2 aliphatic rings. The highest BCUT2D eigenvalue weighted by Crippen LogP contribution is 2.52. The van der Waals surface area contributed by atoms with Crippen LogP contribution in [0.1, 0.15) is 60.3 Å². The summed E-state index contributed by atoms with van der Waals surface area (Å²) in [6, 6.07) is 0. The van der Waals surface area contributed by atoms with E-state index in [-0.39, 0.29) is 0 Å². The first-order valence-electron chi connectivity index (χ1n) is 6.88. The largest absolute Gasteiger partial charge is 0.0625 e. The molecule has 0 heterocycles. The molecule has 0 saturated heterocycles. The molecular weight excluding hydrogens is 180 g/mol. The molecule has 5 unspecified atom stereocenters. The summed E-state index contributed by atoms with van der Waals surface area (Å²) in [7, 11) is 0. The third kappa shape index (κ3) is 2.24. The van der Waals surface area contributed by atoms with Crippen LogP contribution < -0.4 is 0 Å². The Morgan fingerprint density at radius 2 is 1.53 bits per heavy atom. The Bertz CT molecular complexity index is 223. The van der Waals surface area contributed by atoms with E-state index in [1.807, 2.05) is 0 Å². The fourth-order valence-corrected chi connectivity index (χ4v) is 4.21. The van der Waals surface area contributed by atoms with Crippen molar-refractivity contribution in [1.29, 1.82) is 0 Å². The number of hydrogen-bond acceptors (Lipinski definition) is 0. The first kappa shape index (κ1) is 11.5. The zero-order valence-corrected chi connectivity index (χ0v) is 11.2. The molecule has 0 heteroatoms. The highest BCUT2D eigenvalue weighted by molar-refractivity contribution is 4.93. The van der Waals surface area contributed by atoms with Crippen LogP contribution in [0.25, 0.3) is 0 Å². The van der Waals surface area contributed by atoms with E-state index in [0.717, 1.165) is 29.6 Å². The summed E-state index contributed by atoms with van der Waals surface area (Å²) in [4.78, 5) is 0. The van der Waals surface area contributed by atoms with Crippen molar-refractivity contribution >= 4 is 0 Å². The summed E-state index contributed by atoms with van der Waals surface area (Å²) in [6.07, 6.45) is 6.03. The molecule has 0 aliphatic heterocycles. The van der Waals surface area contributed by atoms with Crippen LogP contribution in [-0.4, -0.2) is 0 Å². The van der Waals surface area contributed by atoms with Gasteiger partial charge in [0.15, 0.2) is 0 Å². The molecule has 88 valence electrons. The van der Waals surface area contributed by atoms with E-state index in [1.165, 1.54) is 25.7 Å². The number of rotatable bonds is 0. The van der Waals surface area contributed by atoms with Crippen LogP contribution in [0.3, 0.4) is 0 Å². The van der Waals surface area contributed by atoms with Crippen LogP contribution in [0.5, 0.6) is 0 Å². The van der Waals surface area contributed by atoms with Crippen molar-refractivity contribution in [1.82, 2.24) is 0 Å². The molecule has 15 heavy (non-hydrogen) atoms. The molecule has 0 radical (unpaired) electrons. The maximum atomic E-state index is 2.51. The predicted molar refractivity (Wildman–Crippen MR) is 66.7 cm³/mol. The molecule has 0 aromatic carbocycles. The predicted octanol–water partition coefficient (Wildman–Crippen LogP) is 4.74. The molecule has 2 rings (SSSR count). The molecule has 0 aromatic heterocycles. The highest BCUT2D eigenvalue weighted by Gasteiger charge is 2.43. The molecule has 5 atom stereocenters. The fraction of sp³-hybridized carbons (Fsp3) is 1.00. The van der Waals surface area contributed by atoms with E-state index in [2.05, 4.69) is 34.6 Å². The van der Waals surface area contributed by atoms with Crippen LogP contribution in [0, 0.1) is 35.0 Å². The minimum absolute atomic E-state index is 0.533. The van der Waals surface area contributed by atoms with E-state index in [1.54, 1.807) is 0 Å². The highest BCUT2D eigenvalue weighted by atomic mass is 14.5. The molecule has 0 spiro atoms. The molecule has 0 aromatic rings. The molecule has 2 aliphatic carbocycles. The van der Waals surface area contributed by atoms with Gasteiger partial charge in [0.05, 0.1) is 0 Å². The van der Waals surface area contributed by atoms with Gasteiger partial charge >= 0.3 is 0 Å². The lowest BCUT2D eigenvalue weighted by atomic mass is 9.63. The van der Waals surface area contributed by atoms with E-state index in [0.29, 0.717) is 5.41 Å². The Morgan fingerprint density at radius 3 is 2.13 bits per heavy atom. The summed E-state index contributed by atoms with van der Waals surface area (Å²) in [6.45, 7) is 12.3. The Balaban J connectivity index is 2.07. The lowest BCUT2D eigenvalue weighted by Crippen LogP contribution is -2.34. The summed E-state index contributed by atoms with van der Waals surface area (Å²) in [5.41, 5.74) is 0.533. The maximum absolute atomic E-state index is 2.51. The van der Waals surface area contributed by atoms with Crippen LogP contribution in [0.4, 0.5) is 0 Å². The molecular formula is C15H28. The van der Waals surface area contributed by atoms with Crippen molar-refractivity contribution in [3.05, 3.63) is 0 Å². The van der Waals surface area contributed by atoms with Gasteiger partial charge in [0.25, 0.3) is 0 Å². The molecule has 2 saturated carbocycles. The molecule has 0 N–H and O–H groups in total. The summed E-state index contributed by atoms with van der Waals surface area (Å²) >= 11 is 0. The van der Waals surface area contributed by atoms with Crippen LogP contribution in [-0.2, 0) is 0 Å². The third-order valence-corrected chi connectivity index (χ3v) is 5.18. The summed E-state index contributed by atoms with van der Waals surface area (Å²) in [5.74, 6) is 5.09. The van der Waals surface area contributed by atoms with Gasteiger partial charge in [0.2, 0.25) is 0 Å². The Kier molecular flexibility index (Phi) is 2.90. The van der Waals surface area contributed by atoms with E-state index in [9.17, 15) is 0 Å². The second kappa shape index (κ2) is 3.79. The molecule has 2 fully saturated rings. The van der Waals surface area contributed by atoms with Crippen molar-refractivity contribution in [3.63, 3.8) is 0 Å². The van der Waals surface area contributed by atoms with Crippen molar-refractivity contribution < 1.29 is 0 Å². The Labute approximate surface area is 95.8 Å². The minimum atomic E-state index is 0.533. The van der Waals surface area contributed by atoms with Gasteiger partial charge in [-0.2, -0.15) is 0 Å². The summed E-state index contributed by atoms with van der Waals surface area (Å²) in [5, 5.41) is 0. The van der Waals surface area contributed by atoms with Gasteiger partial charge in [-0.25, -0.2) is 0 Å². The van der Waals surface area contributed by atoms with Crippen molar-refractivity contribution in [2.45, 2.75) is 60.3 Å². The first-order chi connectivity index (χ1) is 6.88. The molecule has 0 nitrogen and oxygen atoms in total. The van der Waals surface area contributed by atoms with Gasteiger partial charge in [-0.3, -0.25) is 0 Å². The monoisotopic (exact) mass is 208 g/mol. The van der Waals surface area contributed by atoms with Crippen LogP contribution in [0.2, 0.25) is 0 Å². The third-order valence-electron chi connectivity index (χ3n) is 5.18. The maximum Gasteiger partial charge on any atom is -0.0354 e.